The van der Waals surface area contributed by atoms with Gasteiger partial charge in [0.05, 0.1) is 0 Å². The highest BCUT2D eigenvalue weighted by atomic mass is 14.4. The van der Waals surface area contributed by atoms with Crippen molar-refractivity contribution in [2.45, 2.75) is 54.9 Å². The van der Waals surface area contributed by atoms with Gasteiger partial charge < -0.3 is 5.41 Å². The molecule has 0 aliphatic carbocycles. The van der Waals surface area contributed by atoms with E-state index in [9.17, 15) is 0 Å². The Hall–Kier alpha value is -0.850. The molecular weight excluding hydrogens is 206 g/mol. The second-order valence-corrected chi connectivity index (χ2v) is 7.02. The third-order valence-electron chi connectivity index (χ3n) is 2.90. The quantitative estimate of drug-likeness (QED) is 0.509. The van der Waals surface area contributed by atoms with E-state index in [4.69, 9.17) is 5.41 Å². The van der Waals surface area contributed by atoms with Crippen LogP contribution in [0.1, 0.15) is 54.9 Å². The molecule has 17 heavy (non-hydrogen) atoms. The van der Waals surface area contributed by atoms with E-state index < -0.39 is 0 Å². The Morgan fingerprint density at radius 1 is 1.12 bits per heavy atom. The molecular formula is C16H29N. The maximum Gasteiger partial charge on any atom is 0.0180 e. The summed E-state index contributed by atoms with van der Waals surface area (Å²) < 4.78 is 0. The predicted octanol–water partition coefficient (Wildman–Crippen LogP) is 5.24. The summed E-state index contributed by atoms with van der Waals surface area (Å²) in [6.07, 6.45) is 8.68. The lowest BCUT2D eigenvalue weighted by molar-refractivity contribution is 0.199. The Morgan fingerprint density at radius 2 is 1.65 bits per heavy atom. The van der Waals surface area contributed by atoms with E-state index in [0.717, 1.165) is 6.42 Å². The maximum absolute atomic E-state index is 7.31. The minimum Gasteiger partial charge on any atom is -0.309 e. The molecule has 98 valence electrons. The van der Waals surface area contributed by atoms with Gasteiger partial charge in [-0.25, -0.2) is 0 Å². The Morgan fingerprint density at radius 3 is 1.94 bits per heavy atom. The predicted molar refractivity (Wildman–Crippen MR) is 78.7 cm³/mol. The fraction of sp³-hybridized carbons (Fsp3) is 0.688. The van der Waals surface area contributed by atoms with E-state index in [-0.39, 0.29) is 5.41 Å². The molecule has 0 bridgehead atoms. The van der Waals surface area contributed by atoms with Crippen LogP contribution in [0.15, 0.2) is 23.8 Å². The molecule has 1 N–H and O–H groups in total. The van der Waals surface area contributed by atoms with Crippen LogP contribution in [-0.2, 0) is 0 Å². The van der Waals surface area contributed by atoms with Gasteiger partial charge in [-0.2, -0.15) is 0 Å². The molecule has 0 saturated heterocycles. The lowest BCUT2D eigenvalue weighted by atomic mass is 9.68. The molecule has 0 aliphatic rings. The van der Waals surface area contributed by atoms with Crippen molar-refractivity contribution < 1.29 is 0 Å². The van der Waals surface area contributed by atoms with Crippen LogP contribution in [-0.4, -0.2) is 6.21 Å². The second-order valence-electron chi connectivity index (χ2n) is 7.02. The van der Waals surface area contributed by atoms with Crippen molar-refractivity contribution in [2.75, 3.05) is 0 Å². The van der Waals surface area contributed by atoms with E-state index in [2.05, 4.69) is 53.7 Å². The fourth-order valence-corrected chi connectivity index (χ4v) is 2.11. The highest BCUT2D eigenvalue weighted by molar-refractivity contribution is 5.70. The van der Waals surface area contributed by atoms with Crippen LogP contribution in [0.2, 0.25) is 0 Å². The monoisotopic (exact) mass is 235 g/mol. The third kappa shape index (κ3) is 6.45. The molecule has 0 amide bonds. The smallest absolute Gasteiger partial charge is 0.0180 e. The van der Waals surface area contributed by atoms with E-state index in [1.165, 1.54) is 11.8 Å². The number of hydrogen-bond donors (Lipinski definition) is 1. The average molecular weight is 235 g/mol. The van der Waals surface area contributed by atoms with Gasteiger partial charge in [-0.15, -0.1) is 0 Å². The number of hydrogen-bond acceptors (Lipinski definition) is 1. The van der Waals surface area contributed by atoms with Crippen LogP contribution < -0.4 is 0 Å². The Labute approximate surface area is 108 Å². The first-order valence-electron chi connectivity index (χ1n) is 6.45. The van der Waals surface area contributed by atoms with Gasteiger partial charge in [0, 0.05) is 6.21 Å². The lowest BCUT2D eigenvalue weighted by Crippen LogP contribution is -2.27. The summed E-state index contributed by atoms with van der Waals surface area (Å²) >= 11 is 0. The topological polar surface area (TPSA) is 23.9 Å². The van der Waals surface area contributed by atoms with Crippen LogP contribution in [0.25, 0.3) is 0 Å². The molecule has 1 heteroatoms. The molecule has 0 aliphatic heterocycles. The largest absolute Gasteiger partial charge is 0.309 e. The zero-order valence-electron chi connectivity index (χ0n) is 12.6. The summed E-state index contributed by atoms with van der Waals surface area (Å²) in [4.78, 5) is 0. The van der Waals surface area contributed by atoms with Gasteiger partial charge >= 0.3 is 0 Å². The van der Waals surface area contributed by atoms with Crippen LogP contribution in [0, 0.1) is 22.2 Å². The number of rotatable bonds is 4. The van der Waals surface area contributed by atoms with Gasteiger partial charge in [0.1, 0.15) is 0 Å². The summed E-state index contributed by atoms with van der Waals surface area (Å²) in [5, 5.41) is 7.31. The standard InChI is InChI=1S/C16H29N/c1-8-9-13(10-11-17)14(16(5,6)7)12-15(2,3)4/h8-11,14,17H,12H2,1-7H3/b9-8-,13-10+,17-11?. The summed E-state index contributed by atoms with van der Waals surface area (Å²) in [5.41, 5.74) is 1.80. The van der Waals surface area contributed by atoms with Crippen LogP contribution in [0.3, 0.4) is 0 Å². The van der Waals surface area contributed by atoms with Crippen LogP contribution in [0.4, 0.5) is 0 Å². The Kier molecular flexibility index (Phi) is 5.87. The molecule has 0 rings (SSSR count). The summed E-state index contributed by atoms with van der Waals surface area (Å²) in [6.45, 7) is 15.7. The summed E-state index contributed by atoms with van der Waals surface area (Å²) in [7, 11) is 0. The molecule has 0 fully saturated rings. The van der Waals surface area contributed by atoms with Crippen molar-refractivity contribution in [1.29, 1.82) is 5.41 Å². The van der Waals surface area contributed by atoms with Gasteiger partial charge in [-0.3, -0.25) is 0 Å². The molecule has 0 radical (unpaired) electrons. The SMILES string of the molecule is C/C=C\C(=C/C=N)C(CC(C)(C)C)C(C)(C)C. The van der Waals surface area contributed by atoms with E-state index in [0.29, 0.717) is 11.3 Å². The van der Waals surface area contributed by atoms with Crippen molar-refractivity contribution in [3.8, 4) is 0 Å². The van der Waals surface area contributed by atoms with Crippen LogP contribution >= 0.6 is 0 Å². The molecule has 0 spiro atoms. The summed E-state index contributed by atoms with van der Waals surface area (Å²) in [5.74, 6) is 0.486. The minimum absolute atomic E-state index is 0.224. The van der Waals surface area contributed by atoms with Crippen molar-refractivity contribution in [3.63, 3.8) is 0 Å². The first-order chi connectivity index (χ1) is 7.61. The highest BCUT2D eigenvalue weighted by Gasteiger charge is 2.30. The molecule has 1 unspecified atom stereocenters. The molecule has 1 nitrogen and oxygen atoms in total. The molecule has 0 aromatic carbocycles. The molecule has 0 aromatic heterocycles. The number of nitrogens with one attached hydrogen (secondary N) is 1. The lowest BCUT2D eigenvalue weighted by Gasteiger charge is -2.36. The minimum atomic E-state index is 0.224. The van der Waals surface area contributed by atoms with Gasteiger partial charge in [-0.1, -0.05) is 53.7 Å². The fourth-order valence-electron chi connectivity index (χ4n) is 2.11. The molecule has 0 saturated carbocycles. The first kappa shape index (κ1) is 16.1. The number of allylic oxidation sites excluding steroid dienone is 4. The van der Waals surface area contributed by atoms with E-state index >= 15 is 0 Å². The van der Waals surface area contributed by atoms with Gasteiger partial charge in [0.15, 0.2) is 0 Å². The van der Waals surface area contributed by atoms with Crippen molar-refractivity contribution >= 4 is 6.21 Å². The van der Waals surface area contributed by atoms with Crippen molar-refractivity contribution in [2.24, 2.45) is 16.7 Å². The Balaban J connectivity index is 5.29. The third-order valence-corrected chi connectivity index (χ3v) is 2.90. The summed E-state index contributed by atoms with van der Waals surface area (Å²) in [6, 6.07) is 0. The molecule has 1 atom stereocenters. The molecule has 0 aromatic rings. The van der Waals surface area contributed by atoms with Gasteiger partial charge in [-0.05, 0) is 41.7 Å². The zero-order valence-corrected chi connectivity index (χ0v) is 12.6. The average Bonchev–Trinajstić information content (AvgIpc) is 2.11. The van der Waals surface area contributed by atoms with Gasteiger partial charge in [0.25, 0.3) is 0 Å². The van der Waals surface area contributed by atoms with Crippen molar-refractivity contribution in [1.82, 2.24) is 0 Å². The zero-order chi connectivity index (χ0) is 13.7. The first-order valence-corrected chi connectivity index (χ1v) is 6.45. The van der Waals surface area contributed by atoms with E-state index in [1.807, 2.05) is 13.0 Å². The highest BCUT2D eigenvalue weighted by Crippen LogP contribution is 2.40. The van der Waals surface area contributed by atoms with E-state index in [1.54, 1.807) is 0 Å². The Bertz CT molecular complexity index is 294. The second kappa shape index (κ2) is 6.18. The maximum atomic E-state index is 7.31. The van der Waals surface area contributed by atoms with Crippen LogP contribution in [0.5, 0.6) is 0 Å². The molecule has 0 heterocycles. The van der Waals surface area contributed by atoms with Crippen molar-refractivity contribution in [3.05, 3.63) is 23.8 Å². The normalized spacial score (nSPS) is 16.3. The van der Waals surface area contributed by atoms with Gasteiger partial charge in [0.2, 0.25) is 0 Å².